The van der Waals surface area contributed by atoms with Crippen molar-refractivity contribution in [3.63, 3.8) is 0 Å². The van der Waals surface area contributed by atoms with Gasteiger partial charge >= 0.3 is 0 Å². The Morgan fingerprint density at radius 2 is 1.84 bits per heavy atom. The molecule has 1 atom stereocenters. The lowest BCUT2D eigenvalue weighted by Crippen LogP contribution is -2.35. The Balaban J connectivity index is 1.55. The highest BCUT2D eigenvalue weighted by Crippen LogP contribution is 2.27. The smallest absolute Gasteiger partial charge is 0.274 e. The van der Waals surface area contributed by atoms with Gasteiger partial charge in [-0.3, -0.25) is 9.48 Å². The van der Waals surface area contributed by atoms with E-state index in [0.29, 0.717) is 30.8 Å². The second-order valence-corrected chi connectivity index (χ2v) is 8.22. The van der Waals surface area contributed by atoms with Crippen LogP contribution in [-0.2, 0) is 25.9 Å². The maximum atomic E-state index is 13.5. The quantitative estimate of drug-likeness (QED) is 0.658. The molecule has 0 fully saturated rings. The van der Waals surface area contributed by atoms with Crippen molar-refractivity contribution in [2.24, 2.45) is 0 Å². The lowest BCUT2D eigenvalue weighted by atomic mass is 9.91. The van der Waals surface area contributed by atoms with Crippen LogP contribution in [0.1, 0.15) is 39.3 Å². The predicted molar refractivity (Wildman–Crippen MR) is 115 cm³/mol. The minimum Gasteiger partial charge on any atom is -0.343 e. The number of nitrogens with one attached hydrogen (secondary N) is 1. The van der Waals surface area contributed by atoms with Crippen LogP contribution in [0.3, 0.4) is 0 Å². The van der Waals surface area contributed by atoms with Gasteiger partial charge in [-0.2, -0.15) is 5.10 Å². The van der Waals surface area contributed by atoms with Gasteiger partial charge in [0.1, 0.15) is 11.6 Å². The molecule has 0 radical (unpaired) electrons. The average Bonchev–Trinajstić information content (AvgIpc) is 3.09. The molecule has 0 saturated heterocycles. The molecule has 0 bridgehead atoms. The molecule has 0 unspecified atom stereocenters. The van der Waals surface area contributed by atoms with Gasteiger partial charge in [-0.15, -0.1) is 0 Å². The Labute approximate surface area is 180 Å². The first-order valence-corrected chi connectivity index (χ1v) is 10.4. The average molecular weight is 424 g/mol. The van der Waals surface area contributed by atoms with Crippen LogP contribution in [0.25, 0.3) is 0 Å². The molecule has 0 aliphatic heterocycles. The monoisotopic (exact) mass is 424 g/mol. The number of hydrogen-bond acceptors (Lipinski definition) is 3. The summed E-state index contributed by atoms with van der Waals surface area (Å²) in [5, 5.41) is 8.07. The highest BCUT2D eigenvalue weighted by atomic mass is 19.1. The number of carbonyl (C=O) groups is 1. The summed E-state index contributed by atoms with van der Waals surface area (Å²) >= 11 is 0. The van der Waals surface area contributed by atoms with E-state index in [-0.39, 0.29) is 11.9 Å². The van der Waals surface area contributed by atoms with Gasteiger partial charge < -0.3 is 10.2 Å². The summed E-state index contributed by atoms with van der Waals surface area (Å²) in [7, 11) is 3.45. The molecule has 5 nitrogen and oxygen atoms in total. The Hall–Kier alpha value is -3.06. The van der Waals surface area contributed by atoms with Gasteiger partial charge in [-0.25, -0.2) is 8.78 Å². The van der Waals surface area contributed by atoms with Gasteiger partial charge in [0, 0.05) is 44.0 Å². The lowest BCUT2D eigenvalue weighted by Gasteiger charge is -2.25. The largest absolute Gasteiger partial charge is 0.343 e. The first-order chi connectivity index (χ1) is 14.9. The molecule has 162 valence electrons. The number of hydrogen-bond donors (Lipinski definition) is 1. The lowest BCUT2D eigenvalue weighted by molar-refractivity contribution is 0.0820. The minimum atomic E-state index is -0.580. The van der Waals surface area contributed by atoms with Crippen molar-refractivity contribution in [3.8, 4) is 0 Å². The van der Waals surface area contributed by atoms with E-state index in [1.54, 1.807) is 19.0 Å². The summed E-state index contributed by atoms with van der Waals surface area (Å²) in [4.78, 5) is 14.3. The summed E-state index contributed by atoms with van der Waals surface area (Å²) < 4.78 is 28.9. The highest BCUT2D eigenvalue weighted by molar-refractivity contribution is 5.93. The molecule has 0 saturated carbocycles. The molecule has 1 aliphatic carbocycles. The molecule has 1 aliphatic rings. The fraction of sp³-hybridized carbons (Fsp3) is 0.333. The molecule has 2 aromatic carbocycles. The van der Waals surface area contributed by atoms with Gasteiger partial charge in [0.05, 0.1) is 6.54 Å². The Morgan fingerprint density at radius 3 is 2.52 bits per heavy atom. The molecule has 31 heavy (non-hydrogen) atoms. The Bertz CT molecular complexity index is 1060. The second kappa shape index (κ2) is 8.98. The van der Waals surface area contributed by atoms with Crippen molar-refractivity contribution in [2.45, 2.75) is 38.4 Å². The molecule has 1 heterocycles. The maximum absolute atomic E-state index is 13.5. The van der Waals surface area contributed by atoms with Crippen LogP contribution < -0.4 is 5.32 Å². The third-order valence-corrected chi connectivity index (χ3v) is 5.65. The van der Waals surface area contributed by atoms with Crippen LogP contribution in [0.15, 0.2) is 48.5 Å². The number of aromatic nitrogens is 2. The van der Waals surface area contributed by atoms with Crippen LogP contribution in [0, 0.1) is 11.6 Å². The van der Waals surface area contributed by atoms with E-state index >= 15 is 0 Å². The molecule has 1 amide bonds. The fourth-order valence-electron chi connectivity index (χ4n) is 4.11. The number of amides is 1. The Kier molecular flexibility index (Phi) is 6.13. The van der Waals surface area contributed by atoms with E-state index in [2.05, 4.69) is 10.4 Å². The number of fused-ring (bicyclic) bond motifs is 1. The topological polar surface area (TPSA) is 50.2 Å². The number of nitrogens with zero attached hydrogens (tertiary/aromatic N) is 3. The number of carbonyl (C=O) groups excluding carboxylic acids is 1. The van der Waals surface area contributed by atoms with E-state index in [1.165, 1.54) is 12.1 Å². The standard InChI is InChI=1S/C24H26F2N4O/c1-29(2)24(31)23-21-13-20(27-14-17-10-18(25)12-19(26)11-17)8-9-22(21)30(28-23)15-16-6-4-3-5-7-16/h3-7,10-12,20,27H,8-9,13-15H2,1-2H3/t20-/m0/s1. The van der Waals surface area contributed by atoms with Crippen molar-refractivity contribution >= 4 is 5.91 Å². The SMILES string of the molecule is CN(C)C(=O)c1nn(Cc2ccccc2)c2c1C[C@@H](NCc1cc(F)cc(F)c1)CC2. The highest BCUT2D eigenvalue weighted by Gasteiger charge is 2.29. The van der Waals surface area contributed by atoms with Crippen molar-refractivity contribution in [3.05, 3.63) is 88.2 Å². The van der Waals surface area contributed by atoms with E-state index in [4.69, 9.17) is 0 Å². The molecule has 7 heteroatoms. The molecule has 1 N–H and O–H groups in total. The first-order valence-electron chi connectivity index (χ1n) is 10.4. The van der Waals surface area contributed by atoms with Gasteiger partial charge in [0.15, 0.2) is 5.69 Å². The summed E-state index contributed by atoms with van der Waals surface area (Å²) in [5.74, 6) is -1.27. The number of rotatable bonds is 6. The van der Waals surface area contributed by atoms with Crippen LogP contribution >= 0.6 is 0 Å². The zero-order chi connectivity index (χ0) is 22.0. The minimum absolute atomic E-state index is 0.0990. The number of halogens is 2. The summed E-state index contributed by atoms with van der Waals surface area (Å²) in [6, 6.07) is 13.7. The van der Waals surface area contributed by atoms with Gasteiger partial charge in [0.2, 0.25) is 0 Å². The molecular weight excluding hydrogens is 398 g/mol. The van der Waals surface area contributed by atoms with Gasteiger partial charge in [0.25, 0.3) is 5.91 Å². The molecule has 3 aromatic rings. The van der Waals surface area contributed by atoms with E-state index < -0.39 is 11.6 Å². The van der Waals surface area contributed by atoms with Crippen molar-refractivity contribution in [2.75, 3.05) is 14.1 Å². The van der Waals surface area contributed by atoms with Crippen molar-refractivity contribution < 1.29 is 13.6 Å². The maximum Gasteiger partial charge on any atom is 0.274 e. The van der Waals surface area contributed by atoms with E-state index in [1.807, 2.05) is 35.0 Å². The summed E-state index contributed by atoms with van der Waals surface area (Å²) in [5.41, 5.74) is 4.23. The Morgan fingerprint density at radius 1 is 1.13 bits per heavy atom. The number of benzene rings is 2. The van der Waals surface area contributed by atoms with Crippen LogP contribution in [0.5, 0.6) is 0 Å². The first kappa shape index (κ1) is 21.2. The van der Waals surface area contributed by atoms with E-state index in [9.17, 15) is 13.6 Å². The van der Waals surface area contributed by atoms with Crippen LogP contribution in [-0.4, -0.2) is 40.7 Å². The third kappa shape index (κ3) is 4.82. The predicted octanol–water partition coefficient (Wildman–Crippen LogP) is 3.56. The zero-order valence-electron chi connectivity index (χ0n) is 17.7. The second-order valence-electron chi connectivity index (χ2n) is 8.22. The summed E-state index contributed by atoms with van der Waals surface area (Å²) in [6.45, 7) is 0.980. The normalized spacial score (nSPS) is 15.5. The van der Waals surface area contributed by atoms with Crippen molar-refractivity contribution in [1.82, 2.24) is 20.0 Å². The zero-order valence-corrected chi connectivity index (χ0v) is 17.7. The molecular formula is C24H26F2N4O. The van der Waals surface area contributed by atoms with Gasteiger partial charge in [-0.1, -0.05) is 30.3 Å². The third-order valence-electron chi connectivity index (χ3n) is 5.65. The summed E-state index contributed by atoms with van der Waals surface area (Å²) in [6.07, 6.45) is 2.29. The van der Waals surface area contributed by atoms with Gasteiger partial charge in [-0.05, 0) is 42.5 Å². The van der Waals surface area contributed by atoms with Crippen molar-refractivity contribution in [1.29, 1.82) is 0 Å². The fourth-order valence-corrected chi connectivity index (χ4v) is 4.11. The van der Waals surface area contributed by atoms with Crippen LogP contribution in [0.2, 0.25) is 0 Å². The van der Waals surface area contributed by atoms with Crippen LogP contribution in [0.4, 0.5) is 8.78 Å². The van der Waals surface area contributed by atoms with E-state index in [0.717, 1.165) is 35.7 Å². The molecule has 4 rings (SSSR count). The molecule has 0 spiro atoms. The molecule has 1 aromatic heterocycles.